The average molecular weight is 409 g/mol. The molecule has 2 aromatic heterocycles. The fourth-order valence-corrected chi connectivity index (χ4v) is 2.88. The molecule has 0 aliphatic rings. The molecular weight excluding hydrogens is 395 g/mol. The normalized spacial score (nSPS) is 11.8. The molecule has 0 aliphatic carbocycles. The van der Waals surface area contributed by atoms with E-state index in [-0.39, 0.29) is 6.08 Å². The van der Waals surface area contributed by atoms with Crippen molar-refractivity contribution in [3.8, 4) is 0 Å². The number of carbonyl (C=O) groups is 1. The number of carbonyl (C=O) groups excluding carboxylic acids is 1. The van der Waals surface area contributed by atoms with Crippen molar-refractivity contribution in [2.24, 2.45) is 0 Å². The minimum absolute atomic E-state index is 0.117. The van der Waals surface area contributed by atoms with Crippen LogP contribution in [-0.4, -0.2) is 27.0 Å². The van der Waals surface area contributed by atoms with E-state index in [2.05, 4.69) is 25.6 Å². The van der Waals surface area contributed by atoms with Crippen LogP contribution < -0.4 is 10.6 Å². The first-order valence-corrected chi connectivity index (χ1v) is 8.81. The third-order valence-electron chi connectivity index (χ3n) is 4.19. The number of rotatable bonds is 4. The monoisotopic (exact) mass is 409 g/mol. The van der Waals surface area contributed by atoms with E-state index >= 15 is 0 Å². The molecule has 6 nitrogen and oxygen atoms in total. The highest BCUT2D eigenvalue weighted by molar-refractivity contribution is 6.02. The molecule has 0 fully saturated rings. The zero-order valence-corrected chi connectivity index (χ0v) is 15.3. The molecule has 4 aromatic rings. The Labute approximate surface area is 168 Å². The summed E-state index contributed by atoms with van der Waals surface area (Å²) >= 11 is 0. The van der Waals surface area contributed by atoms with Crippen LogP contribution in [0.15, 0.2) is 73.2 Å². The van der Waals surface area contributed by atoms with E-state index in [0.29, 0.717) is 28.5 Å². The quantitative estimate of drug-likeness (QED) is 0.465. The van der Waals surface area contributed by atoms with Crippen molar-refractivity contribution in [1.82, 2.24) is 15.0 Å². The van der Waals surface area contributed by atoms with Gasteiger partial charge in [-0.1, -0.05) is 6.07 Å². The third-order valence-corrected chi connectivity index (χ3v) is 4.19. The Morgan fingerprint density at radius 3 is 2.57 bits per heavy atom. The molecule has 0 saturated carbocycles. The molecule has 0 aliphatic heterocycles. The number of hydrogen-bond donors (Lipinski definition) is 2. The van der Waals surface area contributed by atoms with Crippen LogP contribution in [0.3, 0.4) is 0 Å². The maximum atomic E-state index is 12.2. The summed E-state index contributed by atoms with van der Waals surface area (Å²) in [4.78, 5) is 24.5. The maximum absolute atomic E-state index is 12.2. The largest absolute Gasteiger partial charge is 0.409 e. The number of alkyl halides is 3. The SMILES string of the molecule is O=C(C=CC(F)(F)F)Nc1ccc2ncnc(Nc3ccc4ncccc4c3)c2c1. The van der Waals surface area contributed by atoms with Gasteiger partial charge in [0.25, 0.3) is 0 Å². The second kappa shape index (κ2) is 7.78. The van der Waals surface area contributed by atoms with Crippen LogP contribution in [-0.2, 0) is 4.79 Å². The molecule has 0 spiro atoms. The molecule has 0 unspecified atom stereocenters. The highest BCUT2D eigenvalue weighted by atomic mass is 19.4. The van der Waals surface area contributed by atoms with E-state index in [1.165, 1.54) is 6.33 Å². The van der Waals surface area contributed by atoms with Gasteiger partial charge in [-0.3, -0.25) is 9.78 Å². The summed E-state index contributed by atoms with van der Waals surface area (Å²) in [6.07, 6.45) is -1.12. The van der Waals surface area contributed by atoms with Gasteiger partial charge in [0.05, 0.1) is 11.0 Å². The van der Waals surface area contributed by atoms with Crippen molar-refractivity contribution in [2.45, 2.75) is 6.18 Å². The van der Waals surface area contributed by atoms with Crippen molar-refractivity contribution >= 4 is 44.9 Å². The summed E-state index contributed by atoms with van der Waals surface area (Å²) < 4.78 is 36.7. The Kier molecular flexibility index (Phi) is 5.01. The van der Waals surface area contributed by atoms with Gasteiger partial charge in [0.2, 0.25) is 5.91 Å². The smallest absolute Gasteiger partial charge is 0.340 e. The van der Waals surface area contributed by atoms with Crippen molar-refractivity contribution < 1.29 is 18.0 Å². The highest BCUT2D eigenvalue weighted by Crippen LogP contribution is 2.27. The number of fused-ring (bicyclic) bond motifs is 2. The molecule has 2 heterocycles. The second-order valence-corrected chi connectivity index (χ2v) is 6.35. The fourth-order valence-electron chi connectivity index (χ4n) is 2.88. The number of anilines is 3. The summed E-state index contributed by atoms with van der Waals surface area (Å²) in [6.45, 7) is 0. The first-order chi connectivity index (χ1) is 14.4. The van der Waals surface area contributed by atoms with Crippen LogP contribution in [0.1, 0.15) is 0 Å². The highest BCUT2D eigenvalue weighted by Gasteiger charge is 2.22. The zero-order chi connectivity index (χ0) is 21.1. The Hall–Kier alpha value is -4.01. The molecule has 0 saturated heterocycles. The van der Waals surface area contributed by atoms with Gasteiger partial charge in [0, 0.05) is 40.5 Å². The van der Waals surface area contributed by atoms with E-state index in [4.69, 9.17) is 0 Å². The number of nitrogens with zero attached hydrogens (tertiary/aromatic N) is 3. The van der Waals surface area contributed by atoms with E-state index in [9.17, 15) is 18.0 Å². The van der Waals surface area contributed by atoms with Gasteiger partial charge in [-0.25, -0.2) is 9.97 Å². The molecule has 0 radical (unpaired) electrons. The minimum atomic E-state index is -4.55. The average Bonchev–Trinajstić information content (AvgIpc) is 2.72. The number of amides is 1. The molecule has 2 aromatic carbocycles. The molecule has 0 bridgehead atoms. The van der Waals surface area contributed by atoms with Crippen LogP contribution in [0.4, 0.5) is 30.4 Å². The van der Waals surface area contributed by atoms with E-state index in [1.54, 1.807) is 24.4 Å². The van der Waals surface area contributed by atoms with Gasteiger partial charge < -0.3 is 10.6 Å². The van der Waals surface area contributed by atoms with E-state index in [0.717, 1.165) is 16.6 Å². The Morgan fingerprint density at radius 2 is 1.73 bits per heavy atom. The number of halogens is 3. The number of hydrogen-bond acceptors (Lipinski definition) is 5. The van der Waals surface area contributed by atoms with E-state index < -0.39 is 12.1 Å². The Morgan fingerprint density at radius 1 is 0.933 bits per heavy atom. The van der Waals surface area contributed by atoms with Crippen LogP contribution >= 0.6 is 0 Å². The standard InChI is InChI=1S/C21H14F3N5O/c22-21(23,24)8-7-19(30)28-15-4-6-18-16(11-15)20(27-12-26-18)29-14-3-5-17-13(10-14)2-1-9-25-17/h1-12H,(H,28,30)(H,26,27,29). The Balaban J connectivity index is 1.62. The third kappa shape index (κ3) is 4.52. The Bertz CT molecular complexity index is 1270. The van der Waals surface area contributed by atoms with Crippen molar-refractivity contribution in [3.63, 3.8) is 0 Å². The summed E-state index contributed by atoms with van der Waals surface area (Å²) in [5, 5.41) is 7.16. The predicted molar refractivity (Wildman–Crippen MR) is 108 cm³/mol. The molecule has 150 valence electrons. The molecular formula is C21H14F3N5O. The lowest BCUT2D eigenvalue weighted by Gasteiger charge is -2.10. The van der Waals surface area contributed by atoms with Crippen LogP contribution in [0.2, 0.25) is 0 Å². The van der Waals surface area contributed by atoms with Crippen molar-refractivity contribution in [3.05, 3.63) is 73.2 Å². The summed E-state index contributed by atoms with van der Waals surface area (Å²) in [5.74, 6) is -0.398. The second-order valence-electron chi connectivity index (χ2n) is 6.35. The molecule has 9 heteroatoms. The molecule has 4 rings (SSSR count). The van der Waals surface area contributed by atoms with Gasteiger partial charge in [0.15, 0.2) is 0 Å². The molecule has 1 amide bonds. The number of benzene rings is 2. The molecule has 30 heavy (non-hydrogen) atoms. The predicted octanol–water partition coefficient (Wildman–Crippen LogP) is 4.98. The number of aromatic nitrogens is 3. The van der Waals surface area contributed by atoms with Crippen LogP contribution in [0.5, 0.6) is 0 Å². The van der Waals surface area contributed by atoms with Crippen molar-refractivity contribution in [2.75, 3.05) is 10.6 Å². The fraction of sp³-hybridized carbons (Fsp3) is 0.0476. The van der Waals surface area contributed by atoms with Gasteiger partial charge in [-0.05, 0) is 42.5 Å². The lowest BCUT2D eigenvalue weighted by Crippen LogP contribution is -2.10. The summed E-state index contributed by atoms with van der Waals surface area (Å²) in [6, 6.07) is 14.2. The van der Waals surface area contributed by atoms with Gasteiger partial charge in [-0.2, -0.15) is 13.2 Å². The lowest BCUT2D eigenvalue weighted by atomic mass is 10.1. The summed E-state index contributed by atoms with van der Waals surface area (Å²) in [7, 11) is 0. The molecule has 0 atom stereocenters. The topological polar surface area (TPSA) is 79.8 Å². The maximum Gasteiger partial charge on any atom is 0.409 e. The first kappa shape index (κ1) is 19.3. The number of pyridine rings is 1. The number of allylic oxidation sites excluding steroid dienone is 1. The van der Waals surface area contributed by atoms with Crippen LogP contribution in [0, 0.1) is 0 Å². The van der Waals surface area contributed by atoms with Crippen LogP contribution in [0.25, 0.3) is 21.8 Å². The first-order valence-electron chi connectivity index (χ1n) is 8.81. The van der Waals surface area contributed by atoms with Gasteiger partial charge in [0.1, 0.15) is 12.1 Å². The van der Waals surface area contributed by atoms with Gasteiger partial charge >= 0.3 is 6.18 Å². The van der Waals surface area contributed by atoms with E-state index in [1.807, 2.05) is 30.3 Å². The molecule has 2 N–H and O–H groups in total. The van der Waals surface area contributed by atoms with Gasteiger partial charge in [-0.15, -0.1) is 0 Å². The summed E-state index contributed by atoms with van der Waals surface area (Å²) in [5.41, 5.74) is 2.56. The zero-order valence-electron chi connectivity index (χ0n) is 15.3. The minimum Gasteiger partial charge on any atom is -0.340 e. The van der Waals surface area contributed by atoms with Crippen molar-refractivity contribution in [1.29, 1.82) is 0 Å². The number of nitrogens with one attached hydrogen (secondary N) is 2. The lowest BCUT2D eigenvalue weighted by molar-refractivity contribution is -0.112.